The van der Waals surface area contributed by atoms with Gasteiger partial charge < -0.3 is 15.3 Å². The van der Waals surface area contributed by atoms with Gasteiger partial charge in [0.05, 0.1) is 5.69 Å². The number of nitrogens with one attached hydrogen (secondary N) is 2. The summed E-state index contributed by atoms with van der Waals surface area (Å²) >= 11 is 7.12. The van der Waals surface area contributed by atoms with Gasteiger partial charge in [-0.3, -0.25) is 10.1 Å². The van der Waals surface area contributed by atoms with Crippen molar-refractivity contribution in [1.82, 2.24) is 15.1 Å². The number of phenols is 1. The van der Waals surface area contributed by atoms with Crippen LogP contribution in [0.3, 0.4) is 0 Å². The van der Waals surface area contributed by atoms with Gasteiger partial charge in [0.25, 0.3) is 0 Å². The predicted octanol–water partition coefficient (Wildman–Crippen LogP) is 2.78. The van der Waals surface area contributed by atoms with Crippen molar-refractivity contribution in [2.75, 3.05) is 23.7 Å². The number of hydrogen-bond acceptors (Lipinski definition) is 6. The van der Waals surface area contributed by atoms with E-state index in [0.717, 1.165) is 0 Å². The summed E-state index contributed by atoms with van der Waals surface area (Å²) in [5.41, 5.74) is 1.83. The lowest BCUT2D eigenvalue weighted by Gasteiger charge is -2.31. The second-order valence-electron chi connectivity index (χ2n) is 5.59. The Balaban J connectivity index is 1.52. The molecular weight excluding hydrogens is 366 g/mol. The van der Waals surface area contributed by atoms with Gasteiger partial charge in [0.1, 0.15) is 11.3 Å². The lowest BCUT2D eigenvalue weighted by atomic mass is 9.96. The van der Waals surface area contributed by atoms with E-state index in [1.54, 1.807) is 11.0 Å². The van der Waals surface area contributed by atoms with Crippen LogP contribution in [0.5, 0.6) is 5.75 Å². The molecule has 8 nitrogen and oxygen atoms in total. The fourth-order valence-corrected chi connectivity index (χ4v) is 3.19. The summed E-state index contributed by atoms with van der Waals surface area (Å²) in [6.07, 6.45) is 1.08. The average molecular weight is 382 g/mol. The molecule has 0 aliphatic carbocycles. The third-order valence-corrected chi connectivity index (χ3v) is 4.79. The molecule has 0 atom stereocenters. The Morgan fingerprint density at radius 3 is 2.72 bits per heavy atom. The lowest BCUT2D eigenvalue weighted by Crippen LogP contribution is -2.43. The van der Waals surface area contributed by atoms with E-state index in [-0.39, 0.29) is 29.3 Å². The van der Waals surface area contributed by atoms with Crippen LogP contribution in [0, 0.1) is 5.92 Å². The standard InChI is InChI=1S/C15H16ClN5O3S/c16-10-1-2-12(22)11(7-10)18-13(23)9-3-5-21(6-4-9)15(24)19-14-20-17-8-25-14/h1-2,7-9,22H,3-6H2,(H,18,23)(H,19,20,24). The number of benzene rings is 1. The summed E-state index contributed by atoms with van der Waals surface area (Å²) in [6.45, 7) is 0.925. The number of urea groups is 1. The first-order valence-corrected chi connectivity index (χ1v) is 8.90. The molecule has 25 heavy (non-hydrogen) atoms. The van der Waals surface area contributed by atoms with E-state index in [0.29, 0.717) is 36.1 Å². The number of likely N-dealkylation sites (tertiary alicyclic amines) is 1. The highest BCUT2D eigenvalue weighted by Crippen LogP contribution is 2.28. The molecule has 1 aromatic heterocycles. The molecule has 1 aliphatic heterocycles. The van der Waals surface area contributed by atoms with Crippen molar-refractivity contribution in [3.63, 3.8) is 0 Å². The first-order valence-electron chi connectivity index (χ1n) is 7.64. The Morgan fingerprint density at radius 1 is 1.28 bits per heavy atom. The molecule has 0 spiro atoms. The molecule has 3 rings (SSSR count). The lowest BCUT2D eigenvalue weighted by molar-refractivity contribution is -0.121. The minimum Gasteiger partial charge on any atom is -0.506 e. The summed E-state index contributed by atoms with van der Waals surface area (Å²) in [5.74, 6) is -0.461. The van der Waals surface area contributed by atoms with Crippen molar-refractivity contribution >= 4 is 45.7 Å². The number of rotatable bonds is 3. The molecule has 0 saturated carbocycles. The van der Waals surface area contributed by atoms with Crippen LogP contribution in [-0.4, -0.2) is 45.2 Å². The molecule has 3 amide bonds. The highest BCUT2D eigenvalue weighted by atomic mass is 35.5. The number of anilines is 2. The van der Waals surface area contributed by atoms with Crippen LogP contribution in [0.15, 0.2) is 23.7 Å². The van der Waals surface area contributed by atoms with Crippen molar-refractivity contribution in [3.8, 4) is 5.75 Å². The monoisotopic (exact) mass is 381 g/mol. The maximum absolute atomic E-state index is 12.4. The zero-order valence-corrected chi connectivity index (χ0v) is 14.7. The first-order chi connectivity index (χ1) is 12.0. The largest absolute Gasteiger partial charge is 0.506 e. The van der Waals surface area contributed by atoms with Crippen molar-refractivity contribution in [1.29, 1.82) is 0 Å². The molecule has 10 heteroatoms. The minimum absolute atomic E-state index is 0.0355. The topological polar surface area (TPSA) is 107 Å². The molecule has 0 unspecified atom stereocenters. The summed E-state index contributed by atoms with van der Waals surface area (Å²) < 4.78 is 0. The van der Waals surface area contributed by atoms with Crippen LogP contribution in [0.2, 0.25) is 5.02 Å². The number of hydrogen-bond donors (Lipinski definition) is 3. The number of nitrogens with zero attached hydrogens (tertiary/aromatic N) is 3. The van der Waals surface area contributed by atoms with E-state index in [4.69, 9.17) is 11.6 Å². The maximum Gasteiger partial charge on any atom is 0.323 e. The molecule has 3 N–H and O–H groups in total. The van der Waals surface area contributed by atoms with Crippen LogP contribution < -0.4 is 10.6 Å². The molecule has 2 heterocycles. The molecular formula is C15H16ClN5O3S. The zero-order valence-electron chi connectivity index (χ0n) is 13.1. The Morgan fingerprint density at radius 2 is 2.04 bits per heavy atom. The van der Waals surface area contributed by atoms with Crippen LogP contribution in [0.4, 0.5) is 15.6 Å². The number of aromatic nitrogens is 2. The fourth-order valence-electron chi connectivity index (χ4n) is 2.59. The zero-order chi connectivity index (χ0) is 17.8. The van der Waals surface area contributed by atoms with E-state index < -0.39 is 0 Å². The van der Waals surface area contributed by atoms with Crippen LogP contribution in [-0.2, 0) is 4.79 Å². The van der Waals surface area contributed by atoms with Crippen LogP contribution >= 0.6 is 22.9 Å². The molecule has 2 aromatic rings. The molecule has 1 fully saturated rings. The van der Waals surface area contributed by atoms with Crippen LogP contribution in [0.25, 0.3) is 0 Å². The van der Waals surface area contributed by atoms with Gasteiger partial charge in [-0.15, -0.1) is 10.2 Å². The van der Waals surface area contributed by atoms with E-state index in [2.05, 4.69) is 20.8 Å². The number of aromatic hydroxyl groups is 1. The summed E-state index contributed by atoms with van der Waals surface area (Å²) in [5, 5.41) is 23.4. The molecule has 0 radical (unpaired) electrons. The Kier molecular flexibility index (Phi) is 5.34. The van der Waals surface area contributed by atoms with E-state index >= 15 is 0 Å². The Hall–Kier alpha value is -2.39. The van der Waals surface area contributed by atoms with Gasteiger partial charge in [-0.1, -0.05) is 22.9 Å². The summed E-state index contributed by atoms with van der Waals surface area (Å²) in [7, 11) is 0. The van der Waals surface area contributed by atoms with Gasteiger partial charge in [-0.2, -0.15) is 0 Å². The number of halogens is 1. The van der Waals surface area contributed by atoms with Crippen molar-refractivity contribution in [2.45, 2.75) is 12.8 Å². The molecule has 0 bridgehead atoms. The average Bonchev–Trinajstić information content (AvgIpc) is 3.11. The van der Waals surface area contributed by atoms with Crippen molar-refractivity contribution in [2.24, 2.45) is 5.92 Å². The Bertz CT molecular complexity index is 763. The normalized spacial score (nSPS) is 15.0. The first kappa shape index (κ1) is 17.4. The van der Waals surface area contributed by atoms with E-state index in [1.165, 1.54) is 29.0 Å². The highest BCUT2D eigenvalue weighted by molar-refractivity contribution is 7.13. The van der Waals surface area contributed by atoms with E-state index in [1.807, 2.05) is 0 Å². The number of amides is 3. The third kappa shape index (κ3) is 4.37. The van der Waals surface area contributed by atoms with Gasteiger partial charge in [-0.25, -0.2) is 4.79 Å². The smallest absolute Gasteiger partial charge is 0.323 e. The second-order valence-corrected chi connectivity index (χ2v) is 6.86. The molecule has 1 aliphatic rings. The molecule has 1 aromatic carbocycles. The molecule has 132 valence electrons. The number of phenolic OH excluding ortho intramolecular Hbond substituents is 1. The van der Waals surface area contributed by atoms with Crippen LogP contribution in [0.1, 0.15) is 12.8 Å². The van der Waals surface area contributed by atoms with Gasteiger partial charge in [0.2, 0.25) is 11.0 Å². The SMILES string of the molecule is O=C(Nc1cc(Cl)ccc1O)C1CCN(C(=O)Nc2nncs2)CC1. The third-order valence-electron chi connectivity index (χ3n) is 3.94. The quantitative estimate of drug-likeness (QED) is 0.708. The summed E-state index contributed by atoms with van der Waals surface area (Å²) in [4.78, 5) is 26.1. The highest BCUT2D eigenvalue weighted by Gasteiger charge is 2.28. The summed E-state index contributed by atoms with van der Waals surface area (Å²) in [6, 6.07) is 4.22. The minimum atomic E-state index is -0.247. The van der Waals surface area contributed by atoms with Gasteiger partial charge in [0, 0.05) is 24.0 Å². The van der Waals surface area contributed by atoms with Crippen molar-refractivity contribution in [3.05, 3.63) is 28.7 Å². The second kappa shape index (κ2) is 7.66. The van der Waals surface area contributed by atoms with Gasteiger partial charge in [0.15, 0.2) is 0 Å². The fraction of sp³-hybridized carbons (Fsp3) is 0.333. The molecule has 1 saturated heterocycles. The van der Waals surface area contributed by atoms with E-state index in [9.17, 15) is 14.7 Å². The number of carbonyl (C=O) groups excluding carboxylic acids is 2. The Labute approximate surface area is 152 Å². The number of piperidine rings is 1. The van der Waals surface area contributed by atoms with Gasteiger partial charge in [-0.05, 0) is 31.0 Å². The number of carbonyl (C=O) groups is 2. The predicted molar refractivity (Wildman–Crippen MR) is 95.0 cm³/mol. The van der Waals surface area contributed by atoms with Gasteiger partial charge >= 0.3 is 6.03 Å². The maximum atomic E-state index is 12.4. The van der Waals surface area contributed by atoms with Crippen molar-refractivity contribution < 1.29 is 14.7 Å².